The molecular weight excluding hydrogens is 837 g/mol. The number of ether oxygens (including phenoxy) is 2. The highest BCUT2D eigenvalue weighted by Crippen LogP contribution is 2.33. The van der Waals surface area contributed by atoms with Gasteiger partial charge in [-0.15, -0.1) is 0 Å². The van der Waals surface area contributed by atoms with Gasteiger partial charge in [-0.25, -0.2) is 9.59 Å². The number of hydrogen-bond donors (Lipinski definition) is 9. The molecule has 10 N–H and O–H groups in total. The second-order valence-corrected chi connectivity index (χ2v) is 18.0. The van der Waals surface area contributed by atoms with E-state index in [0.717, 1.165) is 25.0 Å². The van der Waals surface area contributed by atoms with E-state index in [0.29, 0.717) is 62.3 Å². The molecule has 5 unspecified atom stereocenters. The van der Waals surface area contributed by atoms with E-state index in [-0.39, 0.29) is 74.0 Å². The first-order valence-corrected chi connectivity index (χ1v) is 23.2. The predicted molar refractivity (Wildman–Crippen MR) is 234 cm³/mol. The average Bonchev–Trinajstić information content (AvgIpc) is 3.84. The highest BCUT2D eigenvalue weighted by molar-refractivity contribution is 8.00. The number of primary amides is 1. The van der Waals surface area contributed by atoms with Gasteiger partial charge in [-0.2, -0.15) is 11.8 Å². The van der Waals surface area contributed by atoms with Crippen LogP contribution in [0, 0.1) is 5.92 Å². The molecule has 8 amide bonds. The van der Waals surface area contributed by atoms with Crippen LogP contribution in [0.3, 0.4) is 0 Å². The lowest BCUT2D eigenvalue weighted by atomic mass is 10.0. The quantitative estimate of drug-likeness (QED) is 0.0235. The molecule has 0 spiro atoms. The number of thioether (sulfide) groups is 1. The number of unbranched alkanes of at least 4 members (excludes halogenated alkanes) is 4. The molecule has 3 heterocycles. The number of epoxide rings is 1. The maximum Gasteiger partial charge on any atom is 0.338 e. The second-order valence-electron chi connectivity index (χ2n) is 16.7. The Morgan fingerprint density at radius 3 is 2.24 bits per heavy atom. The summed E-state index contributed by atoms with van der Waals surface area (Å²) in [5.74, 6) is -2.41. The fourth-order valence-electron chi connectivity index (χ4n) is 7.56. The van der Waals surface area contributed by atoms with Crippen molar-refractivity contribution < 1.29 is 52.9 Å². The van der Waals surface area contributed by atoms with Crippen LogP contribution in [0.4, 0.5) is 4.79 Å². The molecule has 3 aliphatic heterocycles. The fourth-order valence-corrected chi connectivity index (χ4v) is 9.10. The molecule has 1 aromatic rings. The number of carbonyl (C=O) groups is 8. The Hall–Kier alpha value is -5.11. The van der Waals surface area contributed by atoms with Crippen LogP contribution < -0.4 is 43.0 Å². The van der Waals surface area contributed by atoms with Gasteiger partial charge >= 0.3 is 12.0 Å². The van der Waals surface area contributed by atoms with Crippen LogP contribution in [0.15, 0.2) is 24.3 Å². The van der Waals surface area contributed by atoms with E-state index in [1.165, 1.54) is 12.1 Å². The van der Waals surface area contributed by atoms with Crippen molar-refractivity contribution in [3.05, 3.63) is 29.8 Å². The number of amides is 8. The monoisotopic (exact) mass is 902 g/mol. The average molecular weight is 903 g/mol. The van der Waals surface area contributed by atoms with E-state index >= 15 is 0 Å². The van der Waals surface area contributed by atoms with E-state index in [2.05, 4.69) is 37.2 Å². The number of phenolic OH excluding ortho intramolecular Hbond substituents is 1. The topological polar surface area (TPSA) is 289 Å². The lowest BCUT2D eigenvalue weighted by molar-refractivity contribution is -0.144. The number of hydrogen-bond acceptors (Lipinski definition) is 12. The minimum Gasteiger partial charge on any atom is -0.508 e. The number of rotatable bonds is 29. The SMILES string of the molecule is CCOC(=O)C1OC1C(=O)N[C@@H](CC(C)C)C(=O)N[C@H](Cc1ccc(O)cc1)C(=O)NCCCCCC(=O)N[C@@H](CCCCNC(=O)CCCCC1SCC2NC(=O)NC21)C(N)=O. The lowest BCUT2D eigenvalue weighted by Crippen LogP contribution is -2.55. The summed E-state index contributed by atoms with van der Waals surface area (Å²) in [5, 5.41) is 29.9. The van der Waals surface area contributed by atoms with Gasteiger partial charge < -0.3 is 57.5 Å². The summed E-state index contributed by atoms with van der Waals surface area (Å²) in [5.41, 5.74) is 6.23. The highest BCUT2D eigenvalue weighted by atomic mass is 32.2. The third-order valence-electron chi connectivity index (χ3n) is 11.0. The maximum absolute atomic E-state index is 13.6. The Morgan fingerprint density at radius 2 is 1.52 bits per heavy atom. The van der Waals surface area contributed by atoms with Crippen molar-refractivity contribution in [2.45, 2.75) is 152 Å². The highest BCUT2D eigenvalue weighted by Gasteiger charge is 2.52. The van der Waals surface area contributed by atoms with Crippen LogP contribution in [0.2, 0.25) is 0 Å². The van der Waals surface area contributed by atoms with Crippen molar-refractivity contribution in [2.75, 3.05) is 25.4 Å². The van der Waals surface area contributed by atoms with Crippen molar-refractivity contribution >= 4 is 59.2 Å². The molecule has 3 fully saturated rings. The molecule has 63 heavy (non-hydrogen) atoms. The number of carbonyl (C=O) groups excluding carboxylic acids is 8. The molecule has 8 atom stereocenters. The number of fused-ring (bicyclic) bond motifs is 1. The summed E-state index contributed by atoms with van der Waals surface area (Å²) in [6.07, 6.45) is 4.53. The van der Waals surface area contributed by atoms with Crippen LogP contribution in [-0.2, 0) is 49.5 Å². The minimum absolute atomic E-state index is 0.0131. The third kappa shape index (κ3) is 17.5. The largest absolute Gasteiger partial charge is 0.508 e. The zero-order valence-electron chi connectivity index (χ0n) is 36.5. The molecule has 1 aromatic carbocycles. The molecule has 19 nitrogen and oxygen atoms in total. The van der Waals surface area contributed by atoms with Crippen LogP contribution in [0.1, 0.15) is 103 Å². The van der Waals surface area contributed by atoms with Crippen molar-refractivity contribution in [1.29, 1.82) is 0 Å². The van der Waals surface area contributed by atoms with Gasteiger partial charge in [0.1, 0.15) is 23.9 Å². The summed E-state index contributed by atoms with van der Waals surface area (Å²) in [7, 11) is 0. The fraction of sp³-hybridized carbons (Fsp3) is 0.674. The van der Waals surface area contributed by atoms with Gasteiger partial charge in [0.05, 0.1) is 18.7 Å². The summed E-state index contributed by atoms with van der Waals surface area (Å²) in [6.45, 7) is 6.22. The number of nitrogens with two attached hydrogens (primary N) is 1. The molecular formula is C43H66N8O11S. The van der Waals surface area contributed by atoms with Crippen molar-refractivity contribution in [1.82, 2.24) is 37.2 Å². The number of esters is 1. The standard InChI is InChI=1S/C43H66N8O11S/c1-4-61-42(59)37-36(62-37)41(58)49-29(22-25(2)3)40(57)48-30(23-26-16-18-27(52)19-17-26)39(56)46-21-10-5-6-15-34(54)47-28(38(44)55)12-9-11-20-45-33(53)14-8-7-13-32-35-31(24-63-32)50-43(60)51-35/h16-19,25,28-32,35-37,52H,4-15,20-24H2,1-3H3,(H2,44,55)(H,45,53)(H,46,56)(H,47,54)(H,48,57)(H,49,58)(H2,50,51,60)/t28-,29-,30+,31?,32?,35?,36?,37?/m0/s1. The first-order chi connectivity index (χ1) is 30.1. The molecule has 0 aromatic heterocycles. The zero-order chi connectivity index (χ0) is 45.9. The van der Waals surface area contributed by atoms with Crippen molar-refractivity contribution in [3.63, 3.8) is 0 Å². The van der Waals surface area contributed by atoms with E-state index in [1.54, 1.807) is 19.1 Å². The van der Waals surface area contributed by atoms with Gasteiger partial charge in [0.2, 0.25) is 29.5 Å². The van der Waals surface area contributed by atoms with Gasteiger partial charge in [-0.05, 0) is 81.9 Å². The van der Waals surface area contributed by atoms with Crippen LogP contribution in [0.25, 0.3) is 0 Å². The van der Waals surface area contributed by atoms with Crippen LogP contribution in [-0.4, -0.2) is 126 Å². The summed E-state index contributed by atoms with van der Waals surface area (Å²) < 4.78 is 10.1. The Bertz CT molecular complexity index is 1730. The molecule has 0 aliphatic carbocycles. The van der Waals surface area contributed by atoms with Gasteiger partial charge in [-0.3, -0.25) is 28.8 Å². The number of phenols is 1. The van der Waals surface area contributed by atoms with Crippen molar-refractivity contribution in [2.24, 2.45) is 11.7 Å². The Balaban J connectivity index is 1.12. The smallest absolute Gasteiger partial charge is 0.338 e. The molecule has 0 radical (unpaired) electrons. The zero-order valence-corrected chi connectivity index (χ0v) is 37.4. The normalized spacial score (nSPS) is 21.1. The molecule has 0 bridgehead atoms. The van der Waals surface area contributed by atoms with Crippen LogP contribution in [0.5, 0.6) is 5.75 Å². The number of benzene rings is 1. The third-order valence-corrected chi connectivity index (χ3v) is 12.5. The minimum atomic E-state index is -1.07. The molecule has 3 saturated heterocycles. The number of aromatic hydroxyl groups is 1. The molecule has 350 valence electrons. The van der Waals surface area contributed by atoms with E-state index in [9.17, 15) is 43.5 Å². The second kappa shape index (κ2) is 25.9. The predicted octanol–water partition coefficient (Wildman–Crippen LogP) is 0.940. The van der Waals surface area contributed by atoms with E-state index < -0.39 is 59.9 Å². The summed E-state index contributed by atoms with van der Waals surface area (Å²) in [6, 6.07) is 3.57. The van der Waals surface area contributed by atoms with Gasteiger partial charge in [0.25, 0.3) is 5.91 Å². The Morgan fingerprint density at radius 1 is 0.825 bits per heavy atom. The Labute approximate surface area is 373 Å². The lowest BCUT2D eigenvalue weighted by Gasteiger charge is -2.24. The van der Waals surface area contributed by atoms with Crippen LogP contribution >= 0.6 is 11.8 Å². The van der Waals surface area contributed by atoms with E-state index in [4.69, 9.17) is 15.2 Å². The summed E-state index contributed by atoms with van der Waals surface area (Å²) >= 11 is 1.86. The summed E-state index contributed by atoms with van der Waals surface area (Å²) in [4.78, 5) is 101. The van der Waals surface area contributed by atoms with E-state index in [1.807, 2.05) is 25.6 Å². The number of urea groups is 1. The van der Waals surface area contributed by atoms with Gasteiger partial charge in [0.15, 0.2) is 12.2 Å². The first kappa shape index (κ1) is 50.5. The molecule has 20 heteroatoms. The number of nitrogens with one attached hydrogen (secondary N) is 7. The molecule has 3 aliphatic rings. The Kier molecular flexibility index (Phi) is 20.7. The van der Waals surface area contributed by atoms with Crippen molar-refractivity contribution in [3.8, 4) is 5.75 Å². The van der Waals surface area contributed by atoms with Gasteiger partial charge in [-0.1, -0.05) is 38.8 Å². The van der Waals surface area contributed by atoms with Gasteiger partial charge in [0, 0.05) is 43.4 Å². The maximum atomic E-state index is 13.6. The first-order valence-electron chi connectivity index (χ1n) is 22.2. The molecule has 4 rings (SSSR count). The molecule has 0 saturated carbocycles.